The first-order valence-electron chi connectivity index (χ1n) is 7.17. The number of benzene rings is 1. The van der Waals surface area contributed by atoms with Crippen molar-refractivity contribution in [2.75, 3.05) is 12.4 Å². The summed E-state index contributed by atoms with van der Waals surface area (Å²) < 4.78 is 1.20. The van der Waals surface area contributed by atoms with Crippen LogP contribution in [0.4, 0.5) is 5.69 Å². The van der Waals surface area contributed by atoms with Crippen molar-refractivity contribution in [2.45, 2.75) is 13.5 Å². The predicted octanol–water partition coefficient (Wildman–Crippen LogP) is 1.03. The fourth-order valence-electron chi connectivity index (χ4n) is 2.19. The maximum absolute atomic E-state index is 12.1. The Labute approximate surface area is 138 Å². The molecule has 1 aromatic heterocycles. The summed E-state index contributed by atoms with van der Waals surface area (Å²) in [7, 11) is 1.53. The molecule has 1 aromatic carbocycles. The van der Waals surface area contributed by atoms with E-state index in [1.165, 1.54) is 23.9 Å². The first-order valence-corrected chi connectivity index (χ1v) is 7.17. The van der Waals surface area contributed by atoms with Gasteiger partial charge >= 0.3 is 0 Å². The summed E-state index contributed by atoms with van der Waals surface area (Å²) in [5.41, 5.74) is 1.19. The fraction of sp³-hybridized carbons (Fsp3) is 0.176. The lowest BCUT2D eigenvalue weighted by Gasteiger charge is -2.09. The minimum atomic E-state index is -0.506. The number of rotatable bonds is 4. The Balaban J connectivity index is 2.12. The summed E-state index contributed by atoms with van der Waals surface area (Å²) in [4.78, 5) is 35.6. The molecule has 0 radical (unpaired) electrons. The molecule has 0 aliphatic carbocycles. The Morgan fingerprint density at radius 2 is 1.92 bits per heavy atom. The van der Waals surface area contributed by atoms with Crippen LogP contribution < -0.4 is 16.2 Å². The minimum Gasteiger partial charge on any atom is -0.355 e. The van der Waals surface area contributed by atoms with Gasteiger partial charge in [0.2, 0.25) is 5.91 Å². The largest absolute Gasteiger partial charge is 0.355 e. The van der Waals surface area contributed by atoms with Crippen LogP contribution in [0.3, 0.4) is 0 Å². The van der Waals surface area contributed by atoms with Gasteiger partial charge in [-0.2, -0.15) is 5.26 Å². The van der Waals surface area contributed by atoms with Gasteiger partial charge in [0, 0.05) is 24.5 Å². The third-order valence-electron chi connectivity index (χ3n) is 3.32. The second-order valence-electron chi connectivity index (χ2n) is 5.18. The number of carbonyl (C=O) groups is 2. The average Bonchev–Trinajstić information content (AvgIpc) is 2.57. The molecule has 0 unspecified atom stereocenters. The number of nitrogens with zero attached hydrogens (tertiary/aromatic N) is 2. The Bertz CT molecular complexity index is 876. The number of aryl methyl sites for hydroxylation is 1. The van der Waals surface area contributed by atoms with Crippen molar-refractivity contribution >= 4 is 17.5 Å². The van der Waals surface area contributed by atoms with Crippen LogP contribution in [0, 0.1) is 18.3 Å². The molecule has 0 fully saturated rings. The molecular formula is C17H16N4O3. The van der Waals surface area contributed by atoms with E-state index in [2.05, 4.69) is 10.6 Å². The van der Waals surface area contributed by atoms with Gasteiger partial charge in [-0.3, -0.25) is 14.4 Å². The first-order chi connectivity index (χ1) is 11.4. The van der Waals surface area contributed by atoms with Crippen LogP contribution in [-0.4, -0.2) is 23.4 Å². The van der Waals surface area contributed by atoms with Crippen LogP contribution in [0.5, 0.6) is 0 Å². The molecule has 2 aromatic rings. The Hall–Kier alpha value is -3.40. The molecule has 0 spiro atoms. The highest BCUT2D eigenvalue weighted by Crippen LogP contribution is 2.09. The van der Waals surface area contributed by atoms with E-state index in [-0.39, 0.29) is 18.0 Å². The number of hydrogen-bond acceptors (Lipinski definition) is 4. The molecule has 7 nitrogen and oxygen atoms in total. The van der Waals surface area contributed by atoms with E-state index in [9.17, 15) is 14.4 Å². The number of hydrogen-bond donors (Lipinski definition) is 2. The number of aromatic nitrogens is 1. The van der Waals surface area contributed by atoms with Crippen molar-refractivity contribution in [1.29, 1.82) is 5.26 Å². The SMILES string of the molecule is CNC(=O)c1ccc(NC(=O)Cn2cc(C)cc(C#N)c2=O)cc1. The molecule has 2 amide bonds. The number of anilines is 1. The molecule has 24 heavy (non-hydrogen) atoms. The van der Waals surface area contributed by atoms with Gasteiger partial charge in [-0.1, -0.05) is 0 Å². The second kappa shape index (κ2) is 7.24. The number of amides is 2. The van der Waals surface area contributed by atoms with Gasteiger partial charge in [0.25, 0.3) is 11.5 Å². The summed E-state index contributed by atoms with van der Waals surface area (Å²) in [5.74, 6) is -0.623. The molecule has 0 aliphatic heterocycles. The van der Waals surface area contributed by atoms with E-state index in [1.807, 2.05) is 6.07 Å². The van der Waals surface area contributed by atoms with E-state index < -0.39 is 11.5 Å². The second-order valence-corrected chi connectivity index (χ2v) is 5.18. The lowest BCUT2D eigenvalue weighted by atomic mass is 10.2. The van der Waals surface area contributed by atoms with Crippen molar-refractivity contribution < 1.29 is 9.59 Å². The van der Waals surface area contributed by atoms with Crippen molar-refractivity contribution in [3.63, 3.8) is 0 Å². The molecule has 0 saturated carbocycles. The van der Waals surface area contributed by atoms with Gasteiger partial charge < -0.3 is 15.2 Å². The van der Waals surface area contributed by atoms with Gasteiger partial charge in [-0.25, -0.2) is 0 Å². The van der Waals surface area contributed by atoms with E-state index >= 15 is 0 Å². The molecule has 7 heteroatoms. The topological polar surface area (TPSA) is 104 Å². The van der Waals surface area contributed by atoms with Crippen molar-refractivity contribution in [3.8, 4) is 6.07 Å². The zero-order valence-corrected chi connectivity index (χ0v) is 13.3. The van der Waals surface area contributed by atoms with Gasteiger partial charge in [0.15, 0.2) is 0 Å². The Morgan fingerprint density at radius 3 is 2.50 bits per heavy atom. The minimum absolute atomic E-state index is 0.00210. The number of carbonyl (C=O) groups excluding carboxylic acids is 2. The molecule has 2 rings (SSSR count). The zero-order valence-electron chi connectivity index (χ0n) is 13.3. The van der Waals surface area contributed by atoms with E-state index in [0.717, 1.165) is 0 Å². The summed E-state index contributed by atoms with van der Waals surface area (Å²) >= 11 is 0. The van der Waals surface area contributed by atoms with Gasteiger partial charge in [0.05, 0.1) is 0 Å². The van der Waals surface area contributed by atoms with Crippen LogP contribution in [0.15, 0.2) is 41.3 Å². The number of nitrogens with one attached hydrogen (secondary N) is 2. The van der Waals surface area contributed by atoms with E-state index in [0.29, 0.717) is 16.8 Å². The van der Waals surface area contributed by atoms with Gasteiger partial charge in [-0.15, -0.1) is 0 Å². The molecule has 0 saturated heterocycles. The highest BCUT2D eigenvalue weighted by atomic mass is 16.2. The normalized spacial score (nSPS) is 9.88. The predicted molar refractivity (Wildman–Crippen MR) is 88.6 cm³/mol. The molecule has 0 atom stereocenters. The lowest BCUT2D eigenvalue weighted by Crippen LogP contribution is -2.29. The quantitative estimate of drug-likeness (QED) is 0.876. The third-order valence-corrected chi connectivity index (χ3v) is 3.32. The Morgan fingerprint density at radius 1 is 1.25 bits per heavy atom. The summed E-state index contributed by atoms with van der Waals surface area (Å²) in [5, 5.41) is 14.1. The monoisotopic (exact) mass is 324 g/mol. The molecule has 0 aliphatic rings. The maximum Gasteiger partial charge on any atom is 0.268 e. The number of pyridine rings is 1. The standard InChI is InChI=1S/C17H16N4O3/c1-11-7-13(8-18)17(24)21(9-11)10-15(22)20-14-5-3-12(4-6-14)16(23)19-2/h3-7,9H,10H2,1-2H3,(H,19,23)(H,20,22). The average molecular weight is 324 g/mol. The lowest BCUT2D eigenvalue weighted by molar-refractivity contribution is -0.116. The summed E-state index contributed by atoms with van der Waals surface area (Å²) in [6.45, 7) is 1.54. The fourth-order valence-corrected chi connectivity index (χ4v) is 2.19. The Kier molecular flexibility index (Phi) is 5.12. The van der Waals surface area contributed by atoms with Crippen molar-refractivity contribution in [1.82, 2.24) is 9.88 Å². The molecular weight excluding hydrogens is 308 g/mol. The molecule has 0 bridgehead atoms. The first kappa shape index (κ1) is 17.0. The van der Waals surface area contributed by atoms with Gasteiger partial charge in [0.1, 0.15) is 18.2 Å². The third kappa shape index (κ3) is 3.87. The molecule has 2 N–H and O–H groups in total. The van der Waals surface area contributed by atoms with E-state index in [4.69, 9.17) is 5.26 Å². The smallest absolute Gasteiger partial charge is 0.268 e. The van der Waals surface area contributed by atoms with Crippen molar-refractivity contribution in [2.24, 2.45) is 0 Å². The van der Waals surface area contributed by atoms with Crippen LogP contribution in [0.1, 0.15) is 21.5 Å². The van der Waals surface area contributed by atoms with E-state index in [1.54, 1.807) is 31.2 Å². The van der Waals surface area contributed by atoms with Crippen LogP contribution in [0.25, 0.3) is 0 Å². The molecule has 122 valence electrons. The van der Waals surface area contributed by atoms with Crippen LogP contribution in [-0.2, 0) is 11.3 Å². The zero-order chi connectivity index (χ0) is 17.7. The van der Waals surface area contributed by atoms with Gasteiger partial charge in [-0.05, 0) is 42.8 Å². The summed E-state index contributed by atoms with van der Waals surface area (Å²) in [6, 6.07) is 9.67. The number of nitriles is 1. The van der Waals surface area contributed by atoms with Crippen molar-refractivity contribution in [3.05, 3.63) is 63.6 Å². The maximum atomic E-state index is 12.1. The highest BCUT2D eigenvalue weighted by molar-refractivity contribution is 5.95. The van der Waals surface area contributed by atoms with Crippen LogP contribution in [0.2, 0.25) is 0 Å². The molecule has 1 heterocycles. The summed E-state index contributed by atoms with van der Waals surface area (Å²) in [6.07, 6.45) is 1.53. The highest BCUT2D eigenvalue weighted by Gasteiger charge is 2.09. The van der Waals surface area contributed by atoms with Crippen LogP contribution >= 0.6 is 0 Å².